The second-order valence-corrected chi connectivity index (χ2v) is 7.84. The molecule has 1 heterocycles. The van der Waals surface area contributed by atoms with Crippen molar-refractivity contribution in [2.24, 2.45) is 0 Å². The Labute approximate surface area is 224 Å². The number of amides is 1. The van der Waals surface area contributed by atoms with Gasteiger partial charge in [0, 0.05) is 30.8 Å². The molecule has 1 aromatic heterocycles. The molecule has 2 unspecified atom stereocenters. The minimum absolute atomic E-state index is 0. The second kappa shape index (κ2) is 13.8. The van der Waals surface area contributed by atoms with Gasteiger partial charge < -0.3 is 34.5 Å². The van der Waals surface area contributed by atoms with Gasteiger partial charge in [-0.1, -0.05) is 0 Å². The van der Waals surface area contributed by atoms with Crippen molar-refractivity contribution in [2.45, 2.75) is 40.0 Å². The van der Waals surface area contributed by atoms with Crippen molar-refractivity contribution in [3.8, 4) is 28.6 Å². The second-order valence-electron chi connectivity index (χ2n) is 7.84. The third-order valence-corrected chi connectivity index (χ3v) is 5.32. The Morgan fingerprint density at radius 3 is 2.28 bits per heavy atom. The number of carbonyl (C=O) groups excluding carboxylic acids is 1. The average molecular weight is 541 g/mol. The predicted molar refractivity (Wildman–Crippen MR) is 146 cm³/mol. The van der Waals surface area contributed by atoms with E-state index in [9.17, 15) is 9.90 Å². The van der Waals surface area contributed by atoms with Gasteiger partial charge >= 0.3 is 0 Å². The number of aryl methyl sites for hydroxylation is 1. The van der Waals surface area contributed by atoms with Crippen molar-refractivity contribution >= 4 is 42.2 Å². The first kappa shape index (κ1) is 30.9. The number of nitrogens with zero attached hydrogens (tertiary/aromatic N) is 2. The molecule has 0 spiro atoms. The molecule has 3 N–H and O–H groups in total. The summed E-state index contributed by atoms with van der Waals surface area (Å²) >= 11 is 0. The number of H-pyrrole nitrogens is 1. The number of aromatic amines is 1. The lowest BCUT2D eigenvalue weighted by atomic mass is 10.2. The third kappa shape index (κ3) is 7.19. The minimum atomic E-state index is -0.777. The zero-order valence-corrected chi connectivity index (χ0v) is 22.8. The summed E-state index contributed by atoms with van der Waals surface area (Å²) in [6.45, 7) is 7.57. The van der Waals surface area contributed by atoms with Crippen molar-refractivity contribution in [1.82, 2.24) is 9.97 Å². The van der Waals surface area contributed by atoms with E-state index in [1.165, 1.54) is 6.92 Å². The molecular weight excluding hydrogens is 507 g/mol. The molecule has 0 radical (unpaired) electrons. The van der Waals surface area contributed by atoms with Crippen LogP contribution in [0.4, 0.5) is 11.5 Å². The number of anilines is 2. The van der Waals surface area contributed by atoms with Gasteiger partial charge in [-0.15, -0.1) is 24.8 Å². The fourth-order valence-corrected chi connectivity index (χ4v) is 3.65. The Morgan fingerprint density at radius 2 is 1.75 bits per heavy atom. The van der Waals surface area contributed by atoms with Gasteiger partial charge in [0.25, 0.3) is 0 Å². The molecule has 0 saturated carbocycles. The van der Waals surface area contributed by atoms with Gasteiger partial charge in [0.2, 0.25) is 5.91 Å². The molecule has 0 fully saturated rings. The number of hydrogen-bond donors (Lipinski definition) is 3. The number of hydrogen-bond acceptors (Lipinski definition) is 7. The van der Waals surface area contributed by atoms with Crippen LogP contribution in [0, 0.1) is 6.92 Å². The van der Waals surface area contributed by atoms with Crippen LogP contribution in [0.25, 0.3) is 11.4 Å². The van der Waals surface area contributed by atoms with Crippen LogP contribution in [0.2, 0.25) is 0 Å². The maximum Gasteiger partial charge on any atom is 0.222 e. The lowest BCUT2D eigenvalue weighted by molar-refractivity contribution is -0.114. The molecule has 9 nitrogen and oxygen atoms in total. The normalized spacial score (nSPS) is 11.9. The number of aliphatic hydroxyl groups is 1. The van der Waals surface area contributed by atoms with Crippen molar-refractivity contribution in [1.29, 1.82) is 0 Å². The maximum atomic E-state index is 11.3. The molecule has 1 amide bonds. The van der Waals surface area contributed by atoms with Gasteiger partial charge in [0.05, 0.1) is 19.9 Å². The molecule has 0 saturated heterocycles. The first-order valence-corrected chi connectivity index (χ1v) is 11.0. The van der Waals surface area contributed by atoms with Gasteiger partial charge in [0.15, 0.2) is 23.5 Å². The number of imidazole rings is 1. The summed E-state index contributed by atoms with van der Waals surface area (Å²) < 4.78 is 17.0. The molecule has 2 aromatic carbocycles. The number of ether oxygens (including phenoxy) is 3. The Kier molecular flexibility index (Phi) is 11.9. The number of aliphatic hydroxyl groups excluding tert-OH is 1. The van der Waals surface area contributed by atoms with Crippen molar-refractivity contribution in [2.75, 3.05) is 31.0 Å². The average Bonchev–Trinajstić information content (AvgIpc) is 3.18. The van der Waals surface area contributed by atoms with E-state index in [0.717, 1.165) is 16.9 Å². The summed E-state index contributed by atoms with van der Waals surface area (Å²) in [6.07, 6.45) is -1.41. The zero-order chi connectivity index (χ0) is 24.8. The first-order chi connectivity index (χ1) is 16.3. The largest absolute Gasteiger partial charge is 0.493 e. The zero-order valence-electron chi connectivity index (χ0n) is 21.2. The van der Waals surface area contributed by atoms with Gasteiger partial charge in [0.1, 0.15) is 17.7 Å². The Hall–Kier alpha value is -3.14. The van der Waals surface area contributed by atoms with Crippen LogP contribution >= 0.6 is 24.8 Å². The number of methoxy groups -OCH3 is 2. The SMILES string of the molecule is CCN(c1ccc(OC)c(OC)c1)C(Oc1ccc(-c2nc(NC(C)=O)c(C)[nH]2)cc1)C(C)O.Cl.Cl. The van der Waals surface area contributed by atoms with E-state index in [-0.39, 0.29) is 30.7 Å². The lowest BCUT2D eigenvalue weighted by Gasteiger charge is -2.35. The number of rotatable bonds is 10. The topological polar surface area (TPSA) is 109 Å². The molecule has 0 aliphatic carbocycles. The first-order valence-electron chi connectivity index (χ1n) is 11.0. The summed E-state index contributed by atoms with van der Waals surface area (Å²) in [7, 11) is 3.17. The molecule has 2 atom stereocenters. The molecule has 3 rings (SSSR count). The monoisotopic (exact) mass is 540 g/mol. The quantitative estimate of drug-likeness (QED) is 0.316. The maximum absolute atomic E-state index is 11.3. The van der Waals surface area contributed by atoms with Crippen LogP contribution in [-0.4, -0.2) is 54.1 Å². The van der Waals surface area contributed by atoms with Crippen LogP contribution in [-0.2, 0) is 4.79 Å². The Balaban J connectivity index is 0.00000324. The number of nitrogens with one attached hydrogen (secondary N) is 2. The van der Waals surface area contributed by atoms with Gasteiger partial charge in [-0.05, 0) is 57.2 Å². The summed E-state index contributed by atoms with van der Waals surface area (Å²) in [4.78, 5) is 20.9. The van der Waals surface area contributed by atoms with Crippen molar-refractivity contribution in [3.05, 3.63) is 48.2 Å². The van der Waals surface area contributed by atoms with E-state index < -0.39 is 12.3 Å². The molecular formula is C25H34Cl2N4O5. The molecule has 11 heteroatoms. The van der Waals surface area contributed by atoms with Crippen molar-refractivity contribution in [3.63, 3.8) is 0 Å². The number of halogens is 2. The Morgan fingerprint density at radius 1 is 1.11 bits per heavy atom. The van der Waals surface area contributed by atoms with Gasteiger partial charge in [-0.3, -0.25) is 4.79 Å². The summed E-state index contributed by atoms with van der Waals surface area (Å²) in [5.41, 5.74) is 2.44. The van der Waals surface area contributed by atoms with Gasteiger partial charge in [-0.2, -0.15) is 0 Å². The number of aromatic nitrogens is 2. The van der Waals surface area contributed by atoms with Crippen LogP contribution in [0.15, 0.2) is 42.5 Å². The summed E-state index contributed by atoms with van der Waals surface area (Å²) in [6, 6.07) is 13.0. The smallest absolute Gasteiger partial charge is 0.222 e. The van der Waals surface area contributed by atoms with E-state index in [4.69, 9.17) is 14.2 Å². The van der Waals surface area contributed by atoms with Gasteiger partial charge in [-0.25, -0.2) is 4.98 Å². The highest BCUT2D eigenvalue weighted by molar-refractivity contribution is 5.88. The van der Waals surface area contributed by atoms with Crippen molar-refractivity contribution < 1.29 is 24.1 Å². The standard InChI is InChI=1S/C25H32N4O5.2ClH/c1-7-29(19-10-13-21(32-5)22(14-19)33-6)25(16(3)30)34-20-11-8-18(9-12-20)24-26-15(2)23(28-24)27-17(4)31;;/h8-14,16,25,30H,7H2,1-6H3,(H,26,28)(H,27,31);2*1H. The Bertz CT molecular complexity index is 1120. The fraction of sp³-hybridized carbons (Fsp3) is 0.360. The molecule has 0 aliphatic rings. The lowest BCUT2D eigenvalue weighted by Crippen LogP contribution is -2.46. The molecule has 0 aliphatic heterocycles. The van der Waals surface area contributed by atoms with Crippen LogP contribution < -0.4 is 24.4 Å². The number of carbonyl (C=O) groups is 1. The summed E-state index contributed by atoms with van der Waals surface area (Å²) in [5.74, 6) is 2.79. The predicted octanol–water partition coefficient (Wildman–Crippen LogP) is 4.82. The minimum Gasteiger partial charge on any atom is -0.493 e. The number of benzene rings is 2. The highest BCUT2D eigenvalue weighted by Gasteiger charge is 2.25. The summed E-state index contributed by atoms with van der Waals surface area (Å²) in [5, 5.41) is 13.2. The molecule has 3 aromatic rings. The number of likely N-dealkylation sites (N-methyl/N-ethyl adjacent to an activating group) is 1. The fourth-order valence-electron chi connectivity index (χ4n) is 3.65. The van der Waals surface area contributed by atoms with Crippen LogP contribution in [0.3, 0.4) is 0 Å². The molecule has 198 valence electrons. The van der Waals surface area contributed by atoms with E-state index in [2.05, 4.69) is 15.3 Å². The highest BCUT2D eigenvalue weighted by Crippen LogP contribution is 2.33. The van der Waals surface area contributed by atoms with Crippen LogP contribution in [0.5, 0.6) is 17.2 Å². The van der Waals surface area contributed by atoms with E-state index in [0.29, 0.717) is 35.4 Å². The van der Waals surface area contributed by atoms with E-state index in [1.807, 2.05) is 61.2 Å². The highest BCUT2D eigenvalue weighted by atomic mass is 35.5. The van der Waals surface area contributed by atoms with E-state index >= 15 is 0 Å². The van der Waals surface area contributed by atoms with E-state index in [1.54, 1.807) is 21.1 Å². The molecule has 0 bridgehead atoms. The third-order valence-electron chi connectivity index (χ3n) is 5.32. The van der Waals surface area contributed by atoms with Crippen LogP contribution in [0.1, 0.15) is 26.5 Å². The molecule has 36 heavy (non-hydrogen) atoms.